The van der Waals surface area contributed by atoms with Crippen LogP contribution in [0.2, 0.25) is 0 Å². The zero-order chi connectivity index (χ0) is 16.4. The molecule has 8 nitrogen and oxygen atoms in total. The second-order valence-electron chi connectivity index (χ2n) is 5.64. The quantitative estimate of drug-likeness (QED) is 0.745. The summed E-state index contributed by atoms with van der Waals surface area (Å²) in [6.07, 6.45) is 2.98. The second kappa shape index (κ2) is 6.17. The average molecular weight is 309 g/mol. The van der Waals surface area contributed by atoms with Crippen LogP contribution in [0.1, 0.15) is 19.8 Å². The lowest BCUT2D eigenvalue weighted by molar-refractivity contribution is -0.143. The van der Waals surface area contributed by atoms with Crippen molar-refractivity contribution >= 4 is 11.9 Å². The molecule has 0 spiro atoms. The monoisotopic (exact) mass is 309 g/mol. The molecule has 120 valence electrons. The SMILES string of the molecule is CC(CN(C(=O)Cn1ccc(=O)n(C)c1=O)C1CC1)C(=O)O. The van der Waals surface area contributed by atoms with E-state index in [0.717, 1.165) is 22.0 Å². The minimum absolute atomic E-state index is 0.0533. The number of rotatable bonds is 6. The van der Waals surface area contributed by atoms with E-state index in [1.54, 1.807) is 6.92 Å². The van der Waals surface area contributed by atoms with Gasteiger partial charge >= 0.3 is 11.7 Å². The first-order valence-electron chi connectivity index (χ1n) is 7.10. The molecule has 0 aromatic carbocycles. The highest BCUT2D eigenvalue weighted by molar-refractivity contribution is 5.78. The van der Waals surface area contributed by atoms with Gasteiger partial charge in [0.25, 0.3) is 5.56 Å². The molecule has 22 heavy (non-hydrogen) atoms. The van der Waals surface area contributed by atoms with E-state index in [4.69, 9.17) is 5.11 Å². The summed E-state index contributed by atoms with van der Waals surface area (Å²) in [5.41, 5.74) is -1.00. The molecule has 1 aliphatic rings. The Labute approximate surface area is 126 Å². The van der Waals surface area contributed by atoms with Gasteiger partial charge in [0.05, 0.1) is 5.92 Å². The van der Waals surface area contributed by atoms with Gasteiger partial charge in [-0.25, -0.2) is 4.79 Å². The van der Waals surface area contributed by atoms with Gasteiger partial charge in [-0.2, -0.15) is 0 Å². The summed E-state index contributed by atoms with van der Waals surface area (Å²) < 4.78 is 2.08. The predicted octanol–water partition coefficient (Wildman–Crippen LogP) is -0.741. The molecule has 1 aliphatic carbocycles. The van der Waals surface area contributed by atoms with Crippen molar-refractivity contribution in [2.24, 2.45) is 13.0 Å². The number of aliphatic carboxylic acids is 1. The lowest BCUT2D eigenvalue weighted by atomic mass is 10.1. The Morgan fingerprint density at radius 1 is 1.41 bits per heavy atom. The maximum Gasteiger partial charge on any atom is 0.331 e. The summed E-state index contributed by atoms with van der Waals surface area (Å²) in [5, 5.41) is 8.98. The van der Waals surface area contributed by atoms with Crippen LogP contribution in [0, 0.1) is 5.92 Å². The van der Waals surface area contributed by atoms with Crippen LogP contribution >= 0.6 is 0 Å². The van der Waals surface area contributed by atoms with Gasteiger partial charge in [0, 0.05) is 31.9 Å². The van der Waals surface area contributed by atoms with Gasteiger partial charge in [0.1, 0.15) is 6.54 Å². The molecular weight excluding hydrogens is 290 g/mol. The number of carbonyl (C=O) groups is 2. The van der Waals surface area contributed by atoms with Crippen LogP contribution in [0.4, 0.5) is 0 Å². The molecule has 8 heteroatoms. The van der Waals surface area contributed by atoms with Crippen LogP contribution in [0.25, 0.3) is 0 Å². The molecule has 1 aromatic rings. The van der Waals surface area contributed by atoms with E-state index < -0.39 is 23.1 Å². The summed E-state index contributed by atoms with van der Waals surface area (Å²) in [6, 6.07) is 1.27. The molecule has 1 N–H and O–H groups in total. The number of carboxylic acid groups (broad SMARTS) is 1. The molecule has 0 aliphatic heterocycles. The van der Waals surface area contributed by atoms with Gasteiger partial charge in [0.2, 0.25) is 5.91 Å². The van der Waals surface area contributed by atoms with E-state index in [1.165, 1.54) is 24.2 Å². The summed E-state index contributed by atoms with van der Waals surface area (Å²) in [5.74, 6) is -1.93. The fraction of sp³-hybridized carbons (Fsp3) is 0.571. The minimum Gasteiger partial charge on any atom is -0.481 e. The summed E-state index contributed by atoms with van der Waals surface area (Å²) >= 11 is 0. The number of hydrogen-bond acceptors (Lipinski definition) is 4. The fourth-order valence-electron chi connectivity index (χ4n) is 2.19. The number of carboxylic acids is 1. The molecule has 1 aromatic heterocycles. The van der Waals surface area contributed by atoms with E-state index in [1.807, 2.05) is 0 Å². The Morgan fingerprint density at radius 3 is 2.59 bits per heavy atom. The van der Waals surface area contributed by atoms with Gasteiger partial charge in [-0.15, -0.1) is 0 Å². The maximum absolute atomic E-state index is 12.4. The van der Waals surface area contributed by atoms with Crippen LogP contribution < -0.4 is 11.2 Å². The molecular formula is C14H19N3O5. The smallest absolute Gasteiger partial charge is 0.331 e. The molecule has 0 bridgehead atoms. The van der Waals surface area contributed by atoms with Crippen molar-refractivity contribution in [3.63, 3.8) is 0 Å². The number of nitrogens with zero attached hydrogens (tertiary/aromatic N) is 3. The Balaban J connectivity index is 2.15. The molecule has 0 saturated heterocycles. The predicted molar refractivity (Wildman–Crippen MR) is 77.5 cm³/mol. The van der Waals surface area contributed by atoms with Gasteiger partial charge in [0.15, 0.2) is 0 Å². The first-order valence-corrected chi connectivity index (χ1v) is 7.10. The number of carbonyl (C=O) groups excluding carboxylic acids is 1. The highest BCUT2D eigenvalue weighted by Gasteiger charge is 2.34. The number of hydrogen-bond donors (Lipinski definition) is 1. The van der Waals surface area contributed by atoms with Crippen molar-refractivity contribution in [2.45, 2.75) is 32.4 Å². The molecule has 1 unspecified atom stereocenters. The van der Waals surface area contributed by atoms with Crippen molar-refractivity contribution in [2.75, 3.05) is 6.54 Å². The standard InChI is InChI=1S/C14H19N3O5/c1-9(13(20)21)7-17(10-3-4-10)12(19)8-16-6-5-11(18)15(2)14(16)22/h5-6,9-10H,3-4,7-8H2,1-2H3,(H,20,21). The highest BCUT2D eigenvalue weighted by Crippen LogP contribution is 2.27. The molecule has 2 rings (SSSR count). The van der Waals surface area contributed by atoms with Crippen LogP contribution in [0.5, 0.6) is 0 Å². The molecule has 1 amide bonds. The van der Waals surface area contributed by atoms with Crippen LogP contribution in [-0.2, 0) is 23.2 Å². The number of aromatic nitrogens is 2. The first kappa shape index (κ1) is 16.0. The molecule has 1 fully saturated rings. The lowest BCUT2D eigenvalue weighted by Gasteiger charge is -2.24. The van der Waals surface area contributed by atoms with Crippen LogP contribution in [0.15, 0.2) is 21.9 Å². The Morgan fingerprint density at radius 2 is 2.05 bits per heavy atom. The Hall–Kier alpha value is -2.38. The van der Waals surface area contributed by atoms with Crippen LogP contribution in [0.3, 0.4) is 0 Å². The van der Waals surface area contributed by atoms with Crippen molar-refractivity contribution < 1.29 is 14.7 Å². The van der Waals surface area contributed by atoms with E-state index in [2.05, 4.69) is 0 Å². The molecule has 0 radical (unpaired) electrons. The second-order valence-corrected chi connectivity index (χ2v) is 5.64. The van der Waals surface area contributed by atoms with Gasteiger partial charge in [-0.3, -0.25) is 23.5 Å². The third kappa shape index (κ3) is 3.44. The van der Waals surface area contributed by atoms with Gasteiger partial charge < -0.3 is 10.0 Å². The van der Waals surface area contributed by atoms with E-state index in [9.17, 15) is 19.2 Å². The molecule has 1 saturated carbocycles. The van der Waals surface area contributed by atoms with E-state index in [0.29, 0.717) is 0 Å². The Kier molecular flexibility index (Phi) is 4.48. The minimum atomic E-state index is -0.960. The topological polar surface area (TPSA) is 102 Å². The van der Waals surface area contributed by atoms with Crippen molar-refractivity contribution in [1.29, 1.82) is 0 Å². The van der Waals surface area contributed by atoms with Gasteiger partial charge in [-0.05, 0) is 12.8 Å². The number of amides is 1. The van der Waals surface area contributed by atoms with E-state index >= 15 is 0 Å². The van der Waals surface area contributed by atoms with Crippen LogP contribution in [-0.4, -0.2) is 43.6 Å². The average Bonchev–Trinajstić information content (AvgIpc) is 3.29. The molecule has 1 atom stereocenters. The normalized spacial score (nSPS) is 15.4. The Bertz CT molecular complexity index is 701. The third-order valence-electron chi connectivity index (χ3n) is 3.77. The summed E-state index contributed by atoms with van der Waals surface area (Å²) in [4.78, 5) is 48.1. The van der Waals surface area contributed by atoms with Crippen molar-refractivity contribution in [3.8, 4) is 0 Å². The fourth-order valence-corrected chi connectivity index (χ4v) is 2.19. The largest absolute Gasteiger partial charge is 0.481 e. The lowest BCUT2D eigenvalue weighted by Crippen LogP contribution is -2.44. The maximum atomic E-state index is 12.4. The van der Waals surface area contributed by atoms with E-state index in [-0.39, 0.29) is 25.0 Å². The third-order valence-corrected chi connectivity index (χ3v) is 3.77. The zero-order valence-corrected chi connectivity index (χ0v) is 12.6. The first-order chi connectivity index (χ1) is 10.3. The zero-order valence-electron chi connectivity index (χ0n) is 12.6. The van der Waals surface area contributed by atoms with Crippen molar-refractivity contribution in [3.05, 3.63) is 33.1 Å². The molecule has 1 heterocycles. The summed E-state index contributed by atoms with van der Waals surface area (Å²) in [7, 11) is 1.34. The van der Waals surface area contributed by atoms with Gasteiger partial charge in [-0.1, -0.05) is 6.92 Å². The van der Waals surface area contributed by atoms with Crippen molar-refractivity contribution in [1.82, 2.24) is 14.0 Å². The highest BCUT2D eigenvalue weighted by atomic mass is 16.4. The summed E-state index contributed by atoms with van der Waals surface area (Å²) in [6.45, 7) is 1.47.